The molecule has 0 aromatic carbocycles. The minimum Gasteiger partial charge on any atom is -0.480 e. The molecule has 1 aromatic rings. The van der Waals surface area contributed by atoms with Gasteiger partial charge in [0.25, 0.3) is 0 Å². The Balaban J connectivity index is 2.58. The van der Waals surface area contributed by atoms with E-state index in [0.29, 0.717) is 18.0 Å². The van der Waals surface area contributed by atoms with Crippen molar-refractivity contribution in [3.8, 4) is 0 Å². The van der Waals surface area contributed by atoms with Gasteiger partial charge in [0.1, 0.15) is 5.54 Å². The van der Waals surface area contributed by atoms with Crippen LogP contribution in [0.1, 0.15) is 39.3 Å². The van der Waals surface area contributed by atoms with Crippen molar-refractivity contribution in [3.05, 3.63) is 16.9 Å². The van der Waals surface area contributed by atoms with E-state index in [1.807, 2.05) is 20.8 Å². The molecule has 0 fully saturated rings. The third kappa shape index (κ3) is 4.21. The predicted octanol–water partition coefficient (Wildman–Crippen LogP) is 2.47. The fourth-order valence-corrected chi connectivity index (χ4v) is 2.25. The maximum Gasteiger partial charge on any atom is 0.323 e. The summed E-state index contributed by atoms with van der Waals surface area (Å²) in [7, 11) is 0. The number of hydrogen-bond donors (Lipinski definition) is 2. The minimum atomic E-state index is -0.904. The zero-order valence-electron chi connectivity index (χ0n) is 11.9. The summed E-state index contributed by atoms with van der Waals surface area (Å²) in [6.07, 6.45) is 2.87. The van der Waals surface area contributed by atoms with E-state index in [2.05, 4.69) is 10.4 Å². The Kier molecular flexibility index (Phi) is 5.38. The largest absolute Gasteiger partial charge is 0.480 e. The van der Waals surface area contributed by atoms with Gasteiger partial charge in [-0.3, -0.25) is 14.8 Å². The summed E-state index contributed by atoms with van der Waals surface area (Å²) >= 11 is 5.93. The summed E-state index contributed by atoms with van der Waals surface area (Å²) < 4.78 is 1.81. The Bertz CT molecular complexity index is 445. The van der Waals surface area contributed by atoms with Gasteiger partial charge in [0.05, 0.1) is 16.9 Å². The lowest BCUT2D eigenvalue weighted by Gasteiger charge is -2.28. The molecule has 0 amide bonds. The van der Waals surface area contributed by atoms with Crippen LogP contribution in [0.15, 0.2) is 6.20 Å². The highest BCUT2D eigenvalue weighted by molar-refractivity contribution is 6.31. The van der Waals surface area contributed by atoms with Crippen molar-refractivity contribution in [2.45, 2.75) is 58.7 Å². The van der Waals surface area contributed by atoms with Crippen LogP contribution in [0.2, 0.25) is 5.02 Å². The van der Waals surface area contributed by atoms with Gasteiger partial charge in [-0.25, -0.2) is 0 Å². The summed E-state index contributed by atoms with van der Waals surface area (Å²) in [5, 5.41) is 17.2. The lowest BCUT2D eigenvalue weighted by atomic mass is 9.95. The van der Waals surface area contributed by atoms with Crippen molar-refractivity contribution in [2.75, 3.05) is 0 Å². The molecule has 2 N–H and O–H groups in total. The number of rotatable bonds is 7. The molecule has 0 saturated heterocycles. The van der Waals surface area contributed by atoms with E-state index in [1.54, 1.807) is 17.8 Å². The summed E-state index contributed by atoms with van der Waals surface area (Å²) in [5.41, 5.74) is 0.00876. The van der Waals surface area contributed by atoms with E-state index < -0.39 is 11.5 Å². The second kappa shape index (κ2) is 6.39. The van der Waals surface area contributed by atoms with Crippen molar-refractivity contribution in [1.29, 1.82) is 0 Å². The van der Waals surface area contributed by atoms with Crippen LogP contribution in [0.25, 0.3) is 0 Å². The molecule has 6 heteroatoms. The molecule has 1 heterocycles. The van der Waals surface area contributed by atoms with Gasteiger partial charge in [0, 0.05) is 12.6 Å². The van der Waals surface area contributed by atoms with Gasteiger partial charge in [-0.15, -0.1) is 0 Å². The maximum atomic E-state index is 11.4. The Labute approximate surface area is 118 Å². The van der Waals surface area contributed by atoms with Crippen molar-refractivity contribution in [3.63, 3.8) is 0 Å². The average molecular weight is 288 g/mol. The molecule has 0 aliphatic heterocycles. The number of halogens is 1. The zero-order valence-corrected chi connectivity index (χ0v) is 12.7. The molecule has 1 aromatic heterocycles. The first-order chi connectivity index (χ1) is 8.76. The molecule has 0 radical (unpaired) electrons. The number of carboxylic acids is 1. The number of aryl methyl sites for hydroxylation is 1. The van der Waals surface area contributed by atoms with Gasteiger partial charge in [0.15, 0.2) is 0 Å². The summed E-state index contributed by atoms with van der Waals surface area (Å²) in [4.78, 5) is 11.4. The van der Waals surface area contributed by atoms with Crippen LogP contribution in [0.4, 0.5) is 0 Å². The number of carboxylic acid groups (broad SMARTS) is 1. The van der Waals surface area contributed by atoms with Crippen LogP contribution >= 0.6 is 11.6 Å². The van der Waals surface area contributed by atoms with Gasteiger partial charge in [-0.1, -0.05) is 11.6 Å². The van der Waals surface area contributed by atoms with E-state index in [4.69, 9.17) is 11.6 Å². The fraction of sp³-hybridized carbons (Fsp3) is 0.692. The van der Waals surface area contributed by atoms with Crippen LogP contribution in [0.5, 0.6) is 0 Å². The van der Waals surface area contributed by atoms with Crippen LogP contribution in [0, 0.1) is 6.92 Å². The van der Waals surface area contributed by atoms with E-state index in [-0.39, 0.29) is 6.04 Å². The summed E-state index contributed by atoms with van der Waals surface area (Å²) in [6.45, 7) is 8.18. The SMILES string of the molecule is Cc1c(Cl)cnn1CCCC(C)(NC(C)C)C(=O)O. The Morgan fingerprint density at radius 3 is 2.68 bits per heavy atom. The third-order valence-corrected chi connectivity index (χ3v) is 3.54. The van der Waals surface area contributed by atoms with Crippen molar-refractivity contribution >= 4 is 17.6 Å². The molecule has 1 atom stereocenters. The van der Waals surface area contributed by atoms with Crippen molar-refractivity contribution in [1.82, 2.24) is 15.1 Å². The monoisotopic (exact) mass is 287 g/mol. The van der Waals surface area contributed by atoms with Crippen molar-refractivity contribution in [2.24, 2.45) is 0 Å². The van der Waals surface area contributed by atoms with Gasteiger partial charge < -0.3 is 5.11 Å². The highest BCUT2D eigenvalue weighted by Gasteiger charge is 2.32. The first-order valence-electron chi connectivity index (χ1n) is 6.45. The molecule has 1 rings (SSSR count). The predicted molar refractivity (Wildman–Crippen MR) is 75.5 cm³/mol. The Hall–Kier alpha value is -1.07. The van der Waals surface area contributed by atoms with E-state index in [9.17, 15) is 9.90 Å². The third-order valence-electron chi connectivity index (χ3n) is 3.17. The topological polar surface area (TPSA) is 67.2 Å². The number of aliphatic carboxylic acids is 1. The lowest BCUT2D eigenvalue weighted by Crippen LogP contribution is -2.52. The number of nitrogens with zero attached hydrogens (tertiary/aromatic N) is 2. The molecule has 5 nitrogen and oxygen atoms in total. The maximum absolute atomic E-state index is 11.4. The first kappa shape index (κ1) is 16.0. The number of nitrogens with one attached hydrogen (secondary N) is 1. The number of aromatic nitrogens is 2. The smallest absolute Gasteiger partial charge is 0.323 e. The first-order valence-corrected chi connectivity index (χ1v) is 6.83. The number of hydrogen-bond acceptors (Lipinski definition) is 3. The van der Waals surface area contributed by atoms with Crippen molar-refractivity contribution < 1.29 is 9.90 Å². The molecule has 0 spiro atoms. The highest BCUT2D eigenvalue weighted by atomic mass is 35.5. The molecule has 0 aliphatic carbocycles. The Morgan fingerprint density at radius 1 is 1.63 bits per heavy atom. The molecule has 0 bridgehead atoms. The minimum absolute atomic E-state index is 0.127. The standard InChI is InChI=1S/C13H22ClN3O2/c1-9(2)16-13(4,12(18)19)6-5-7-17-10(3)11(14)8-15-17/h8-9,16H,5-7H2,1-4H3,(H,18,19). The molecule has 0 saturated carbocycles. The zero-order chi connectivity index (χ0) is 14.6. The molecule has 19 heavy (non-hydrogen) atoms. The second-order valence-corrected chi connectivity index (χ2v) is 5.75. The summed E-state index contributed by atoms with van der Waals surface area (Å²) in [6, 6.07) is 0.127. The van der Waals surface area contributed by atoms with Crippen LogP contribution in [-0.4, -0.2) is 32.4 Å². The lowest BCUT2D eigenvalue weighted by molar-refractivity contribution is -0.144. The van der Waals surface area contributed by atoms with Gasteiger partial charge in [0.2, 0.25) is 0 Å². The van der Waals surface area contributed by atoms with Gasteiger partial charge in [-0.05, 0) is 40.5 Å². The number of carbonyl (C=O) groups is 1. The van der Waals surface area contributed by atoms with E-state index in [1.165, 1.54) is 0 Å². The molecular formula is C13H22ClN3O2. The normalized spacial score (nSPS) is 14.6. The van der Waals surface area contributed by atoms with E-state index >= 15 is 0 Å². The molecular weight excluding hydrogens is 266 g/mol. The van der Waals surface area contributed by atoms with Gasteiger partial charge >= 0.3 is 5.97 Å². The molecule has 1 unspecified atom stereocenters. The average Bonchev–Trinajstić information content (AvgIpc) is 2.59. The fourth-order valence-electron chi connectivity index (χ4n) is 2.11. The highest BCUT2D eigenvalue weighted by Crippen LogP contribution is 2.17. The summed E-state index contributed by atoms with van der Waals surface area (Å²) in [5.74, 6) is -0.823. The second-order valence-electron chi connectivity index (χ2n) is 5.34. The van der Waals surface area contributed by atoms with Crippen LogP contribution in [0.3, 0.4) is 0 Å². The van der Waals surface area contributed by atoms with Crippen LogP contribution in [-0.2, 0) is 11.3 Å². The van der Waals surface area contributed by atoms with Crippen LogP contribution < -0.4 is 5.32 Å². The molecule has 0 aliphatic rings. The van der Waals surface area contributed by atoms with Gasteiger partial charge in [-0.2, -0.15) is 5.10 Å². The molecule has 108 valence electrons. The Morgan fingerprint density at radius 2 is 2.26 bits per heavy atom. The quantitative estimate of drug-likeness (QED) is 0.808. The van der Waals surface area contributed by atoms with E-state index in [0.717, 1.165) is 12.1 Å².